The van der Waals surface area contributed by atoms with E-state index in [0.717, 1.165) is 17.7 Å². The molecule has 6 nitrogen and oxygen atoms in total. The number of guanidine groups is 1. The Morgan fingerprint density at radius 3 is 2.21 bits per heavy atom. The van der Waals surface area contributed by atoms with Crippen molar-refractivity contribution in [3.05, 3.63) is 59.2 Å². The summed E-state index contributed by atoms with van der Waals surface area (Å²) in [5.41, 5.74) is 10.6. The summed E-state index contributed by atoms with van der Waals surface area (Å²) in [5.74, 6) is 0.395. The molecule has 0 aliphatic carbocycles. The normalized spacial score (nSPS) is 11.4. The molecule has 2 aromatic rings. The zero-order valence-electron chi connectivity index (χ0n) is 17.7. The predicted molar refractivity (Wildman–Crippen MR) is 131 cm³/mol. The average molecular weight is 510 g/mol. The first-order valence-corrected chi connectivity index (χ1v) is 9.35. The number of amides is 1. The Labute approximate surface area is 190 Å². The zero-order valence-corrected chi connectivity index (χ0v) is 20.0. The van der Waals surface area contributed by atoms with Gasteiger partial charge in [-0.25, -0.2) is 4.79 Å². The summed E-state index contributed by atoms with van der Waals surface area (Å²) in [6, 6.07) is 13.7. The highest BCUT2D eigenvalue weighted by Crippen LogP contribution is 2.15. The van der Waals surface area contributed by atoms with E-state index >= 15 is 0 Å². The number of carbonyl (C=O) groups is 1. The van der Waals surface area contributed by atoms with E-state index in [4.69, 9.17) is 10.5 Å². The molecule has 0 heterocycles. The molecule has 4 N–H and O–H groups in total. The molecule has 0 unspecified atom stereocenters. The monoisotopic (exact) mass is 510 g/mol. The largest absolute Gasteiger partial charge is 0.444 e. The number of benzene rings is 2. The Hall–Kier alpha value is -2.29. The maximum Gasteiger partial charge on any atom is 0.412 e. The number of hydrogen-bond acceptors (Lipinski definition) is 3. The van der Waals surface area contributed by atoms with Crippen molar-refractivity contribution >= 4 is 47.4 Å². The minimum absolute atomic E-state index is 0. The lowest BCUT2D eigenvalue weighted by Gasteiger charge is -2.19. The molecule has 158 valence electrons. The van der Waals surface area contributed by atoms with Crippen LogP contribution in [0, 0.1) is 13.8 Å². The molecule has 0 fully saturated rings. The fourth-order valence-electron chi connectivity index (χ4n) is 2.49. The van der Waals surface area contributed by atoms with E-state index in [-0.39, 0.29) is 24.0 Å². The van der Waals surface area contributed by atoms with Gasteiger partial charge in [-0.3, -0.25) is 10.3 Å². The van der Waals surface area contributed by atoms with Gasteiger partial charge < -0.3 is 15.8 Å². The van der Waals surface area contributed by atoms with Crippen LogP contribution in [0.15, 0.2) is 47.5 Å². The topological polar surface area (TPSA) is 88.7 Å². The van der Waals surface area contributed by atoms with E-state index in [9.17, 15) is 4.79 Å². The van der Waals surface area contributed by atoms with Crippen LogP contribution < -0.4 is 16.4 Å². The third-order valence-electron chi connectivity index (χ3n) is 4.06. The van der Waals surface area contributed by atoms with Crippen LogP contribution in [0.3, 0.4) is 0 Å². The molecule has 2 rings (SSSR count). The molecule has 0 aliphatic heterocycles. The van der Waals surface area contributed by atoms with Crippen molar-refractivity contribution in [1.82, 2.24) is 0 Å². The number of ether oxygens (including phenoxy) is 1. The fourth-order valence-corrected chi connectivity index (χ4v) is 2.49. The van der Waals surface area contributed by atoms with Crippen LogP contribution in [0.2, 0.25) is 0 Å². The van der Waals surface area contributed by atoms with Gasteiger partial charge >= 0.3 is 6.09 Å². The zero-order chi connectivity index (χ0) is 20.7. The van der Waals surface area contributed by atoms with Crippen molar-refractivity contribution in [2.45, 2.75) is 46.6 Å². The number of nitrogens with two attached hydrogens (primary N) is 1. The summed E-state index contributed by atoms with van der Waals surface area (Å²) in [4.78, 5) is 16.1. The van der Waals surface area contributed by atoms with Crippen LogP contribution in [0.1, 0.15) is 37.5 Å². The lowest BCUT2D eigenvalue weighted by atomic mass is 10.1. The average Bonchev–Trinajstić information content (AvgIpc) is 2.58. The van der Waals surface area contributed by atoms with Gasteiger partial charge in [-0.15, -0.1) is 24.0 Å². The molecular formula is C22H31IN4O2. The predicted octanol–water partition coefficient (Wildman–Crippen LogP) is 5.24. The molecule has 0 aromatic heterocycles. The SMILES string of the molecule is Cc1ccc(NC(N)=NCCc2ccc(NC(=O)OC(C)(C)C)cc2)cc1C.I. The number of aliphatic imine (C=N–C) groups is 1. The van der Waals surface area contributed by atoms with Gasteiger partial charge in [-0.05, 0) is 82.0 Å². The number of halogens is 1. The molecule has 0 bridgehead atoms. The minimum Gasteiger partial charge on any atom is -0.444 e. The van der Waals surface area contributed by atoms with E-state index in [1.165, 1.54) is 11.1 Å². The number of nitrogens with one attached hydrogen (secondary N) is 2. The number of aryl methyl sites for hydroxylation is 2. The second-order valence-corrected chi connectivity index (χ2v) is 7.76. The van der Waals surface area contributed by atoms with Crippen molar-refractivity contribution in [1.29, 1.82) is 0 Å². The standard InChI is InChI=1S/C22H30N4O2.HI/c1-15-6-9-19(14-16(15)2)25-20(23)24-13-12-17-7-10-18(11-8-17)26-21(27)28-22(3,4)5;/h6-11,14H,12-13H2,1-5H3,(H,26,27)(H3,23,24,25);1H. The van der Waals surface area contributed by atoms with Crippen molar-refractivity contribution in [2.24, 2.45) is 10.7 Å². The molecule has 0 spiro atoms. The third kappa shape index (κ3) is 9.17. The summed E-state index contributed by atoms with van der Waals surface area (Å²) < 4.78 is 5.24. The Balaban J connectivity index is 0.00000420. The quantitative estimate of drug-likeness (QED) is 0.292. The minimum atomic E-state index is -0.521. The van der Waals surface area contributed by atoms with Crippen molar-refractivity contribution in [3.63, 3.8) is 0 Å². The second-order valence-electron chi connectivity index (χ2n) is 7.76. The lowest BCUT2D eigenvalue weighted by molar-refractivity contribution is 0.0636. The van der Waals surface area contributed by atoms with E-state index < -0.39 is 11.7 Å². The third-order valence-corrected chi connectivity index (χ3v) is 4.06. The van der Waals surface area contributed by atoms with Crippen LogP contribution in [-0.2, 0) is 11.2 Å². The summed E-state index contributed by atoms with van der Waals surface area (Å²) in [6.07, 6.45) is 0.289. The summed E-state index contributed by atoms with van der Waals surface area (Å²) in [7, 11) is 0. The number of carbonyl (C=O) groups excluding carboxylic acids is 1. The van der Waals surface area contributed by atoms with Crippen molar-refractivity contribution in [2.75, 3.05) is 17.2 Å². The Bertz CT molecular complexity index is 843. The highest BCUT2D eigenvalue weighted by Gasteiger charge is 2.16. The van der Waals surface area contributed by atoms with Crippen molar-refractivity contribution < 1.29 is 9.53 Å². The van der Waals surface area contributed by atoms with Gasteiger partial charge in [-0.1, -0.05) is 18.2 Å². The number of rotatable bonds is 5. The molecule has 1 amide bonds. The van der Waals surface area contributed by atoms with Crippen LogP contribution in [-0.4, -0.2) is 24.2 Å². The Morgan fingerprint density at radius 1 is 1.00 bits per heavy atom. The first kappa shape index (κ1) is 24.7. The van der Waals surface area contributed by atoms with Crippen LogP contribution in [0.5, 0.6) is 0 Å². The van der Waals surface area contributed by atoms with Crippen LogP contribution >= 0.6 is 24.0 Å². The number of nitrogens with zero attached hydrogens (tertiary/aromatic N) is 1. The smallest absolute Gasteiger partial charge is 0.412 e. The van der Waals surface area contributed by atoms with Gasteiger partial charge in [-0.2, -0.15) is 0 Å². The summed E-state index contributed by atoms with van der Waals surface area (Å²) in [6.45, 7) is 10.2. The van der Waals surface area contributed by atoms with Crippen LogP contribution in [0.25, 0.3) is 0 Å². The van der Waals surface area contributed by atoms with Gasteiger partial charge in [0.2, 0.25) is 0 Å². The molecule has 0 saturated carbocycles. The second kappa shape index (κ2) is 11.0. The number of hydrogen-bond donors (Lipinski definition) is 3. The lowest BCUT2D eigenvalue weighted by Crippen LogP contribution is -2.27. The molecule has 2 aromatic carbocycles. The van der Waals surface area contributed by atoms with Gasteiger partial charge in [0, 0.05) is 17.9 Å². The van der Waals surface area contributed by atoms with E-state index in [2.05, 4.69) is 35.5 Å². The molecule has 0 radical (unpaired) electrons. The molecule has 0 aliphatic rings. The highest BCUT2D eigenvalue weighted by atomic mass is 127. The Kier molecular flexibility index (Phi) is 9.42. The molecule has 0 saturated heterocycles. The molecule has 0 atom stereocenters. The fraction of sp³-hybridized carbons (Fsp3) is 0.364. The first-order valence-electron chi connectivity index (χ1n) is 9.35. The van der Waals surface area contributed by atoms with Crippen LogP contribution in [0.4, 0.5) is 16.2 Å². The highest BCUT2D eigenvalue weighted by molar-refractivity contribution is 14.0. The maximum atomic E-state index is 11.8. The summed E-state index contributed by atoms with van der Waals surface area (Å²) in [5, 5.41) is 5.83. The summed E-state index contributed by atoms with van der Waals surface area (Å²) >= 11 is 0. The first-order chi connectivity index (χ1) is 13.1. The van der Waals surface area contributed by atoms with Gasteiger partial charge in [0.25, 0.3) is 0 Å². The Morgan fingerprint density at radius 2 is 1.62 bits per heavy atom. The van der Waals surface area contributed by atoms with E-state index in [0.29, 0.717) is 18.2 Å². The maximum absolute atomic E-state index is 11.8. The number of anilines is 2. The van der Waals surface area contributed by atoms with Gasteiger partial charge in [0.15, 0.2) is 5.96 Å². The molecule has 29 heavy (non-hydrogen) atoms. The molecule has 7 heteroatoms. The van der Waals surface area contributed by atoms with Crippen molar-refractivity contribution in [3.8, 4) is 0 Å². The van der Waals surface area contributed by atoms with E-state index in [1.54, 1.807) is 0 Å². The molecular weight excluding hydrogens is 479 g/mol. The van der Waals surface area contributed by atoms with Gasteiger partial charge in [0.05, 0.1) is 0 Å². The van der Waals surface area contributed by atoms with Gasteiger partial charge in [0.1, 0.15) is 5.60 Å². The van der Waals surface area contributed by atoms with E-state index in [1.807, 2.05) is 57.2 Å².